The number of hydrogen-bond donors (Lipinski definition) is 13. The normalized spacial score (nSPS) is 19.8. The molecule has 0 saturated heterocycles. The SMILES string of the molecule is CCCCC/C=C\C/C=C\CCCCC(CC(O)CO)(CC(O)CO)C(CC(O)CO)(CC(O)CO)C(CC(O)CO)(CC(O)CO)C(=O)O. The Labute approximate surface area is 297 Å². The summed E-state index contributed by atoms with van der Waals surface area (Å²) in [6.45, 7) is -3.25. The number of unbranched alkanes of at least 4 members (excludes halogenated alkanes) is 5. The summed E-state index contributed by atoms with van der Waals surface area (Å²) in [4.78, 5) is 13.7. The molecule has 0 fully saturated rings. The number of carbonyl (C=O) groups is 1. The fourth-order valence-electron chi connectivity index (χ4n) is 7.83. The Balaban J connectivity index is 7.56. The van der Waals surface area contributed by atoms with Crippen LogP contribution < -0.4 is 0 Å². The first-order valence-corrected chi connectivity index (χ1v) is 18.0. The van der Waals surface area contributed by atoms with E-state index in [2.05, 4.69) is 19.1 Å². The number of rotatable bonds is 32. The number of carboxylic acids is 1. The molecule has 0 aromatic heterocycles. The lowest BCUT2D eigenvalue weighted by molar-refractivity contribution is -0.215. The highest BCUT2D eigenvalue weighted by molar-refractivity contribution is 5.76. The van der Waals surface area contributed by atoms with E-state index in [0.29, 0.717) is 19.3 Å². The van der Waals surface area contributed by atoms with Crippen LogP contribution in [0.3, 0.4) is 0 Å². The summed E-state index contributed by atoms with van der Waals surface area (Å²) in [6, 6.07) is 0. The van der Waals surface area contributed by atoms with Crippen LogP contribution in [0.5, 0.6) is 0 Å². The highest BCUT2D eigenvalue weighted by atomic mass is 16.4. The molecule has 296 valence electrons. The van der Waals surface area contributed by atoms with Gasteiger partial charge in [0, 0.05) is 0 Å². The molecule has 0 aromatic carbocycles. The van der Waals surface area contributed by atoms with Gasteiger partial charge in [0.2, 0.25) is 0 Å². The van der Waals surface area contributed by atoms with Crippen molar-refractivity contribution in [3.8, 4) is 0 Å². The molecule has 14 heteroatoms. The Hall–Kier alpha value is -1.53. The molecular weight excluding hydrogens is 656 g/mol. The van der Waals surface area contributed by atoms with E-state index in [1.54, 1.807) is 0 Å². The van der Waals surface area contributed by atoms with Crippen LogP contribution in [0, 0.1) is 16.2 Å². The Morgan fingerprint density at radius 3 is 1.24 bits per heavy atom. The van der Waals surface area contributed by atoms with Gasteiger partial charge in [0.25, 0.3) is 0 Å². The average Bonchev–Trinajstić information content (AvgIpc) is 3.10. The van der Waals surface area contributed by atoms with Gasteiger partial charge in [-0.25, -0.2) is 0 Å². The molecule has 13 N–H and O–H groups in total. The van der Waals surface area contributed by atoms with E-state index >= 15 is 0 Å². The lowest BCUT2D eigenvalue weighted by atomic mass is 9.41. The molecule has 0 spiro atoms. The number of hydrogen-bond acceptors (Lipinski definition) is 13. The molecule has 6 unspecified atom stereocenters. The zero-order valence-corrected chi connectivity index (χ0v) is 29.8. The second-order valence-corrected chi connectivity index (χ2v) is 13.9. The predicted molar refractivity (Wildman–Crippen MR) is 187 cm³/mol. The first-order valence-electron chi connectivity index (χ1n) is 18.0. The minimum absolute atomic E-state index is 0.0535. The summed E-state index contributed by atoms with van der Waals surface area (Å²) in [6.07, 6.45) is 0.574. The topological polar surface area (TPSA) is 280 Å². The van der Waals surface area contributed by atoms with Gasteiger partial charge in [-0.1, -0.05) is 50.5 Å². The van der Waals surface area contributed by atoms with Crippen molar-refractivity contribution in [1.82, 2.24) is 0 Å². The minimum Gasteiger partial charge on any atom is -0.481 e. The summed E-state index contributed by atoms with van der Waals surface area (Å²) < 4.78 is 0. The van der Waals surface area contributed by atoms with Crippen molar-refractivity contribution in [2.45, 2.75) is 140 Å². The van der Waals surface area contributed by atoms with Crippen molar-refractivity contribution in [3.63, 3.8) is 0 Å². The molecule has 14 nitrogen and oxygen atoms in total. The van der Waals surface area contributed by atoms with Crippen molar-refractivity contribution in [3.05, 3.63) is 24.3 Å². The molecular formula is C36H68O14. The molecule has 50 heavy (non-hydrogen) atoms. The second-order valence-electron chi connectivity index (χ2n) is 13.9. The lowest BCUT2D eigenvalue weighted by Gasteiger charge is -2.62. The second kappa shape index (κ2) is 26.3. The van der Waals surface area contributed by atoms with Gasteiger partial charge in [-0.3, -0.25) is 4.79 Å². The Bertz CT molecular complexity index is 892. The van der Waals surface area contributed by atoms with Gasteiger partial charge in [-0.15, -0.1) is 0 Å². The maximum absolute atomic E-state index is 13.7. The molecule has 0 aliphatic carbocycles. The van der Waals surface area contributed by atoms with Crippen LogP contribution in [0.1, 0.15) is 103 Å². The predicted octanol–water partition coefficient (Wildman–Crippen LogP) is 0.133. The third kappa shape index (κ3) is 15.2. The molecule has 0 aliphatic rings. The number of carboxylic acid groups (broad SMARTS) is 1. The van der Waals surface area contributed by atoms with Crippen molar-refractivity contribution < 1.29 is 71.2 Å². The zero-order chi connectivity index (χ0) is 38.2. The summed E-state index contributed by atoms with van der Waals surface area (Å²) >= 11 is 0. The first-order chi connectivity index (χ1) is 23.7. The quantitative estimate of drug-likeness (QED) is 0.0325. The standard InChI is InChI=1S/C36H68O14/c1-2-3-4-5-6-7-8-9-10-11-12-13-14-34(15-27(43)21-37,16-28(44)22-38)36(19-31(47)25-41,20-32(48)26-42)35(33(49)50,17-29(45)23-39)18-30(46)24-40/h6-7,9-10,27-32,37-48H,2-5,8,11-26H2,1H3,(H,49,50)/b7-6-,10-9-. The van der Waals surface area contributed by atoms with Crippen molar-refractivity contribution >= 4 is 5.97 Å². The molecule has 6 atom stereocenters. The highest BCUT2D eigenvalue weighted by Crippen LogP contribution is 2.66. The van der Waals surface area contributed by atoms with Gasteiger partial charge in [0.15, 0.2) is 0 Å². The molecule has 0 saturated carbocycles. The van der Waals surface area contributed by atoms with Gasteiger partial charge < -0.3 is 66.4 Å². The molecule has 0 aromatic rings. The number of allylic oxidation sites excluding steroid dienone is 4. The maximum Gasteiger partial charge on any atom is 0.310 e. The first kappa shape index (κ1) is 48.5. The summed E-state index contributed by atoms with van der Waals surface area (Å²) in [5, 5.41) is 137. The van der Waals surface area contributed by atoms with E-state index in [0.717, 1.165) is 25.7 Å². The van der Waals surface area contributed by atoms with Crippen LogP contribution in [0.25, 0.3) is 0 Å². The fraction of sp³-hybridized carbons (Fsp3) is 0.861. The Morgan fingerprint density at radius 2 is 0.880 bits per heavy atom. The van der Waals surface area contributed by atoms with Crippen LogP contribution in [-0.4, -0.2) is 149 Å². The summed E-state index contributed by atoms with van der Waals surface area (Å²) in [5.74, 6) is -1.69. The molecule has 0 heterocycles. The highest BCUT2D eigenvalue weighted by Gasteiger charge is 2.67. The minimum atomic E-state index is -2.49. The molecule has 0 aliphatic heterocycles. The van der Waals surface area contributed by atoms with Gasteiger partial charge >= 0.3 is 5.97 Å². The van der Waals surface area contributed by atoms with E-state index in [1.165, 1.54) is 6.42 Å². The molecule has 0 radical (unpaired) electrons. The van der Waals surface area contributed by atoms with E-state index in [9.17, 15) is 71.2 Å². The van der Waals surface area contributed by atoms with Crippen LogP contribution in [0.4, 0.5) is 0 Å². The number of aliphatic hydroxyl groups excluding tert-OH is 12. The number of aliphatic carboxylic acids is 1. The van der Waals surface area contributed by atoms with Crippen LogP contribution >= 0.6 is 0 Å². The third-order valence-electron chi connectivity index (χ3n) is 10.1. The molecule has 0 amide bonds. The van der Waals surface area contributed by atoms with Crippen LogP contribution in [0.15, 0.2) is 24.3 Å². The summed E-state index contributed by atoms with van der Waals surface area (Å²) in [5.41, 5.74) is -6.43. The van der Waals surface area contributed by atoms with Gasteiger partial charge in [-0.05, 0) is 87.9 Å². The molecule has 0 rings (SSSR count). The Kier molecular flexibility index (Phi) is 25.5. The maximum atomic E-state index is 13.7. The van der Waals surface area contributed by atoms with Crippen LogP contribution in [-0.2, 0) is 4.79 Å². The van der Waals surface area contributed by atoms with Gasteiger partial charge in [0.1, 0.15) is 0 Å². The smallest absolute Gasteiger partial charge is 0.310 e. The molecule has 0 bridgehead atoms. The van der Waals surface area contributed by atoms with E-state index in [1.807, 2.05) is 12.2 Å². The van der Waals surface area contributed by atoms with E-state index < -0.39 is 137 Å². The summed E-state index contributed by atoms with van der Waals surface area (Å²) in [7, 11) is 0. The average molecular weight is 725 g/mol. The van der Waals surface area contributed by atoms with Gasteiger partial charge in [0.05, 0.1) is 81.7 Å². The van der Waals surface area contributed by atoms with E-state index in [-0.39, 0.29) is 6.42 Å². The van der Waals surface area contributed by atoms with Crippen LogP contribution in [0.2, 0.25) is 0 Å². The largest absolute Gasteiger partial charge is 0.481 e. The van der Waals surface area contributed by atoms with Crippen molar-refractivity contribution in [2.24, 2.45) is 16.2 Å². The van der Waals surface area contributed by atoms with Crippen molar-refractivity contribution in [1.29, 1.82) is 0 Å². The fourth-order valence-corrected chi connectivity index (χ4v) is 7.83. The zero-order valence-electron chi connectivity index (χ0n) is 29.8. The lowest BCUT2D eigenvalue weighted by Crippen LogP contribution is -2.63. The van der Waals surface area contributed by atoms with Gasteiger partial charge in [-0.2, -0.15) is 0 Å². The van der Waals surface area contributed by atoms with E-state index in [4.69, 9.17) is 0 Å². The monoisotopic (exact) mass is 724 g/mol. The third-order valence-corrected chi connectivity index (χ3v) is 10.1. The number of aliphatic hydroxyl groups is 12. The van der Waals surface area contributed by atoms with Crippen molar-refractivity contribution in [2.75, 3.05) is 39.6 Å². The Morgan fingerprint density at radius 1 is 0.520 bits per heavy atom.